The second-order valence-corrected chi connectivity index (χ2v) is 5.88. The predicted molar refractivity (Wildman–Crippen MR) is 68.4 cm³/mol. The summed E-state index contributed by atoms with van der Waals surface area (Å²) < 4.78 is 5.44. The Morgan fingerprint density at radius 3 is 2.61 bits per heavy atom. The Balaban J connectivity index is 1.76. The van der Waals surface area contributed by atoms with Crippen molar-refractivity contribution in [2.45, 2.75) is 44.6 Å². The third-order valence-corrected chi connectivity index (χ3v) is 4.35. The zero-order valence-corrected chi connectivity index (χ0v) is 11.3. The Kier molecular flexibility index (Phi) is 3.11. The van der Waals surface area contributed by atoms with Gasteiger partial charge in [-0.1, -0.05) is 11.6 Å². The number of nitrogens with one attached hydrogen (secondary N) is 1. The molecule has 2 aliphatic rings. The summed E-state index contributed by atoms with van der Waals surface area (Å²) in [5.74, 6) is 2.20. The fraction of sp³-hybridized carbons (Fsp3) is 0.846. The lowest BCUT2D eigenvalue weighted by molar-refractivity contribution is 0.0924. The van der Waals surface area contributed by atoms with E-state index < -0.39 is 0 Å². The molecule has 2 fully saturated rings. The van der Waals surface area contributed by atoms with Gasteiger partial charge < -0.3 is 9.84 Å². The van der Waals surface area contributed by atoms with E-state index in [9.17, 15) is 0 Å². The molecule has 0 aromatic carbocycles. The molecule has 5 nitrogen and oxygen atoms in total. The summed E-state index contributed by atoms with van der Waals surface area (Å²) in [4.78, 5) is 7.07. The van der Waals surface area contributed by atoms with Crippen LogP contribution in [0.5, 0.6) is 0 Å². The van der Waals surface area contributed by atoms with Crippen LogP contribution in [0.4, 0.5) is 0 Å². The topological polar surface area (TPSA) is 54.2 Å². The summed E-state index contributed by atoms with van der Waals surface area (Å²) in [6, 6.07) is 0. The molecule has 0 unspecified atom stereocenters. The summed E-state index contributed by atoms with van der Waals surface area (Å²) in [7, 11) is 0. The SMILES string of the molecule is CC(C)(c1noc(C2CCC2)n1)N1CCNCC1. The Bertz CT molecular complexity index is 405. The van der Waals surface area contributed by atoms with Gasteiger partial charge in [0, 0.05) is 32.1 Å². The van der Waals surface area contributed by atoms with E-state index in [4.69, 9.17) is 4.52 Å². The molecule has 1 saturated heterocycles. The maximum absolute atomic E-state index is 5.44. The van der Waals surface area contributed by atoms with Crippen molar-refractivity contribution in [2.75, 3.05) is 26.2 Å². The first kappa shape index (κ1) is 12.1. The van der Waals surface area contributed by atoms with Crippen molar-refractivity contribution in [1.29, 1.82) is 0 Å². The van der Waals surface area contributed by atoms with E-state index >= 15 is 0 Å². The molecule has 0 amide bonds. The van der Waals surface area contributed by atoms with Gasteiger partial charge in [0.2, 0.25) is 5.89 Å². The fourth-order valence-corrected chi connectivity index (χ4v) is 2.67. The van der Waals surface area contributed by atoms with Crippen LogP contribution in [0, 0.1) is 0 Å². The number of hydrogen-bond acceptors (Lipinski definition) is 5. The van der Waals surface area contributed by atoms with E-state index in [-0.39, 0.29) is 5.54 Å². The number of aromatic nitrogens is 2. The van der Waals surface area contributed by atoms with Gasteiger partial charge in [-0.15, -0.1) is 0 Å². The molecule has 18 heavy (non-hydrogen) atoms. The zero-order chi connectivity index (χ0) is 12.6. The molecule has 1 aromatic heterocycles. The zero-order valence-electron chi connectivity index (χ0n) is 11.3. The smallest absolute Gasteiger partial charge is 0.229 e. The maximum Gasteiger partial charge on any atom is 0.229 e. The predicted octanol–water partition coefficient (Wildman–Crippen LogP) is 1.48. The monoisotopic (exact) mass is 250 g/mol. The lowest BCUT2D eigenvalue weighted by Gasteiger charge is -2.38. The molecule has 0 radical (unpaired) electrons. The lowest BCUT2D eigenvalue weighted by atomic mass is 9.85. The Morgan fingerprint density at radius 2 is 2.00 bits per heavy atom. The van der Waals surface area contributed by atoms with Crippen LogP contribution in [0.15, 0.2) is 4.52 Å². The van der Waals surface area contributed by atoms with Crippen molar-refractivity contribution >= 4 is 0 Å². The van der Waals surface area contributed by atoms with E-state index in [0.29, 0.717) is 5.92 Å². The van der Waals surface area contributed by atoms with Crippen LogP contribution in [-0.2, 0) is 5.54 Å². The van der Waals surface area contributed by atoms with Gasteiger partial charge in [-0.25, -0.2) is 0 Å². The van der Waals surface area contributed by atoms with E-state index in [1.165, 1.54) is 19.3 Å². The summed E-state index contributed by atoms with van der Waals surface area (Å²) in [6.07, 6.45) is 3.70. The van der Waals surface area contributed by atoms with Crippen molar-refractivity contribution in [2.24, 2.45) is 0 Å². The molecule has 1 saturated carbocycles. The molecule has 100 valence electrons. The molecular formula is C13H22N4O. The van der Waals surface area contributed by atoms with Gasteiger partial charge in [0.1, 0.15) is 0 Å². The molecule has 0 bridgehead atoms. The summed E-state index contributed by atoms with van der Waals surface area (Å²) >= 11 is 0. The summed E-state index contributed by atoms with van der Waals surface area (Å²) in [6.45, 7) is 8.54. The van der Waals surface area contributed by atoms with Gasteiger partial charge in [0.05, 0.1) is 5.54 Å². The second-order valence-electron chi connectivity index (χ2n) is 5.88. The molecule has 1 aliphatic heterocycles. The molecule has 1 aromatic rings. The molecule has 5 heteroatoms. The maximum atomic E-state index is 5.44. The van der Waals surface area contributed by atoms with Crippen molar-refractivity contribution < 1.29 is 4.52 Å². The van der Waals surface area contributed by atoms with E-state index in [1.807, 2.05) is 0 Å². The van der Waals surface area contributed by atoms with Crippen LogP contribution in [0.1, 0.15) is 50.7 Å². The quantitative estimate of drug-likeness (QED) is 0.880. The number of rotatable bonds is 3. The van der Waals surface area contributed by atoms with Gasteiger partial charge in [0.15, 0.2) is 5.82 Å². The van der Waals surface area contributed by atoms with Crippen molar-refractivity contribution in [3.05, 3.63) is 11.7 Å². The fourth-order valence-electron chi connectivity index (χ4n) is 2.67. The Labute approximate surface area is 108 Å². The van der Waals surface area contributed by atoms with Crippen LogP contribution >= 0.6 is 0 Å². The normalized spacial score (nSPS) is 23.0. The highest BCUT2D eigenvalue weighted by molar-refractivity contribution is 5.06. The summed E-state index contributed by atoms with van der Waals surface area (Å²) in [5, 5.41) is 7.59. The van der Waals surface area contributed by atoms with Gasteiger partial charge in [-0.2, -0.15) is 4.98 Å². The number of piperazine rings is 1. The molecule has 2 heterocycles. The highest BCUT2D eigenvalue weighted by atomic mass is 16.5. The molecular weight excluding hydrogens is 228 g/mol. The number of hydrogen-bond donors (Lipinski definition) is 1. The number of nitrogens with zero attached hydrogens (tertiary/aromatic N) is 3. The van der Waals surface area contributed by atoms with E-state index in [1.54, 1.807) is 0 Å². The van der Waals surface area contributed by atoms with E-state index in [2.05, 4.69) is 34.2 Å². The third-order valence-electron chi connectivity index (χ3n) is 4.35. The Hall–Kier alpha value is -0.940. The minimum absolute atomic E-state index is 0.131. The molecule has 3 rings (SSSR count). The highest BCUT2D eigenvalue weighted by Crippen LogP contribution is 2.36. The standard InChI is InChI=1S/C13H22N4O/c1-13(2,17-8-6-14-7-9-17)12-15-11(18-16-12)10-4-3-5-10/h10,14H,3-9H2,1-2H3. The molecule has 1 aliphatic carbocycles. The average Bonchev–Trinajstić information content (AvgIpc) is 2.78. The van der Waals surface area contributed by atoms with Gasteiger partial charge in [0.25, 0.3) is 0 Å². The highest BCUT2D eigenvalue weighted by Gasteiger charge is 2.35. The third kappa shape index (κ3) is 2.06. The van der Waals surface area contributed by atoms with Crippen LogP contribution in [0.25, 0.3) is 0 Å². The minimum atomic E-state index is -0.131. The molecule has 0 spiro atoms. The first-order valence-corrected chi connectivity index (χ1v) is 6.98. The molecule has 1 N–H and O–H groups in total. The first-order chi connectivity index (χ1) is 8.68. The average molecular weight is 250 g/mol. The van der Waals surface area contributed by atoms with Crippen molar-refractivity contribution in [1.82, 2.24) is 20.4 Å². The van der Waals surface area contributed by atoms with Crippen LogP contribution in [-0.4, -0.2) is 41.2 Å². The summed E-state index contributed by atoms with van der Waals surface area (Å²) in [5.41, 5.74) is -0.131. The first-order valence-electron chi connectivity index (χ1n) is 6.98. The Morgan fingerprint density at radius 1 is 1.28 bits per heavy atom. The van der Waals surface area contributed by atoms with Crippen molar-refractivity contribution in [3.8, 4) is 0 Å². The van der Waals surface area contributed by atoms with Crippen molar-refractivity contribution in [3.63, 3.8) is 0 Å². The van der Waals surface area contributed by atoms with E-state index in [0.717, 1.165) is 37.9 Å². The minimum Gasteiger partial charge on any atom is -0.339 e. The van der Waals surface area contributed by atoms with Gasteiger partial charge >= 0.3 is 0 Å². The second kappa shape index (κ2) is 4.63. The van der Waals surface area contributed by atoms with Crippen LogP contribution < -0.4 is 5.32 Å². The van der Waals surface area contributed by atoms with Crippen LogP contribution in [0.2, 0.25) is 0 Å². The largest absolute Gasteiger partial charge is 0.339 e. The van der Waals surface area contributed by atoms with Crippen LogP contribution in [0.3, 0.4) is 0 Å². The lowest BCUT2D eigenvalue weighted by Crippen LogP contribution is -2.52. The van der Waals surface area contributed by atoms with Gasteiger partial charge in [-0.05, 0) is 26.7 Å². The molecule has 0 atom stereocenters. The van der Waals surface area contributed by atoms with Gasteiger partial charge in [-0.3, -0.25) is 4.90 Å².